The van der Waals surface area contributed by atoms with Crippen LogP contribution in [-0.4, -0.2) is 24.0 Å². The van der Waals surface area contributed by atoms with Crippen LogP contribution in [-0.2, 0) is 16.0 Å². The van der Waals surface area contributed by atoms with Crippen molar-refractivity contribution in [3.05, 3.63) is 64.9 Å². The lowest BCUT2D eigenvalue weighted by Gasteiger charge is -2.03. The van der Waals surface area contributed by atoms with Gasteiger partial charge in [0, 0.05) is 22.9 Å². The number of fused-ring (bicyclic) bond motifs is 1. The molecule has 0 spiro atoms. The molecule has 0 aliphatic heterocycles. The molecule has 5 heteroatoms. The SMILES string of the molecule is COC(=O)CCc1c(C(=O)c2ccc(C)cc2)oc2ccc(O)cc12. The second-order valence-electron chi connectivity index (χ2n) is 5.86. The lowest BCUT2D eigenvalue weighted by atomic mass is 10.00. The molecule has 1 aromatic heterocycles. The van der Waals surface area contributed by atoms with Gasteiger partial charge >= 0.3 is 5.97 Å². The summed E-state index contributed by atoms with van der Waals surface area (Å²) >= 11 is 0. The van der Waals surface area contributed by atoms with Crippen LogP contribution in [0.15, 0.2) is 46.9 Å². The molecule has 0 aliphatic carbocycles. The Kier molecular flexibility index (Phi) is 4.57. The molecule has 128 valence electrons. The molecular formula is C20H18O5. The number of carbonyl (C=O) groups excluding carboxylic acids is 2. The van der Waals surface area contributed by atoms with Crippen LogP contribution in [0.2, 0.25) is 0 Å². The van der Waals surface area contributed by atoms with Gasteiger partial charge in [-0.15, -0.1) is 0 Å². The molecule has 25 heavy (non-hydrogen) atoms. The van der Waals surface area contributed by atoms with E-state index in [1.54, 1.807) is 18.2 Å². The van der Waals surface area contributed by atoms with Crippen LogP contribution in [0.3, 0.4) is 0 Å². The molecule has 3 aromatic rings. The van der Waals surface area contributed by atoms with Gasteiger partial charge in [-0.2, -0.15) is 0 Å². The maximum absolute atomic E-state index is 12.9. The van der Waals surface area contributed by atoms with Crippen molar-refractivity contribution in [2.75, 3.05) is 7.11 Å². The summed E-state index contributed by atoms with van der Waals surface area (Å²) in [5, 5.41) is 10.4. The Balaban J connectivity index is 2.07. The highest BCUT2D eigenvalue weighted by atomic mass is 16.5. The Morgan fingerprint density at radius 3 is 2.52 bits per heavy atom. The number of furan rings is 1. The molecule has 2 aromatic carbocycles. The van der Waals surface area contributed by atoms with Crippen LogP contribution >= 0.6 is 0 Å². The molecule has 1 N–H and O–H groups in total. The number of aryl methyl sites for hydroxylation is 2. The smallest absolute Gasteiger partial charge is 0.305 e. The number of phenols is 1. The number of ether oxygens (including phenoxy) is 1. The summed E-state index contributed by atoms with van der Waals surface area (Å²) < 4.78 is 10.4. The van der Waals surface area contributed by atoms with E-state index in [9.17, 15) is 14.7 Å². The fraction of sp³-hybridized carbons (Fsp3) is 0.200. The third-order valence-electron chi connectivity index (χ3n) is 4.10. The fourth-order valence-corrected chi connectivity index (χ4v) is 2.73. The van der Waals surface area contributed by atoms with Crippen molar-refractivity contribution in [2.24, 2.45) is 0 Å². The fourth-order valence-electron chi connectivity index (χ4n) is 2.73. The van der Waals surface area contributed by atoms with Gasteiger partial charge in [0.15, 0.2) is 5.76 Å². The average Bonchev–Trinajstić information content (AvgIpc) is 2.97. The van der Waals surface area contributed by atoms with Crippen molar-refractivity contribution >= 4 is 22.7 Å². The van der Waals surface area contributed by atoms with Crippen molar-refractivity contribution in [2.45, 2.75) is 19.8 Å². The van der Waals surface area contributed by atoms with Crippen LogP contribution in [0.1, 0.15) is 33.7 Å². The molecule has 0 saturated carbocycles. The summed E-state index contributed by atoms with van der Waals surface area (Å²) in [6, 6.07) is 11.8. The van der Waals surface area contributed by atoms with Gasteiger partial charge in [-0.25, -0.2) is 0 Å². The van der Waals surface area contributed by atoms with E-state index in [0.717, 1.165) is 5.56 Å². The lowest BCUT2D eigenvalue weighted by Crippen LogP contribution is -2.06. The van der Waals surface area contributed by atoms with E-state index in [4.69, 9.17) is 4.42 Å². The normalized spacial score (nSPS) is 10.8. The van der Waals surface area contributed by atoms with E-state index < -0.39 is 0 Å². The quantitative estimate of drug-likeness (QED) is 0.566. The van der Waals surface area contributed by atoms with Crippen LogP contribution in [0.4, 0.5) is 0 Å². The van der Waals surface area contributed by atoms with E-state index in [2.05, 4.69) is 4.74 Å². The van der Waals surface area contributed by atoms with Gasteiger partial charge in [-0.05, 0) is 31.5 Å². The summed E-state index contributed by atoms with van der Waals surface area (Å²) in [5.74, 6) is -0.367. The number of ketones is 1. The van der Waals surface area contributed by atoms with Gasteiger partial charge < -0.3 is 14.3 Å². The van der Waals surface area contributed by atoms with E-state index in [0.29, 0.717) is 22.1 Å². The maximum atomic E-state index is 12.9. The maximum Gasteiger partial charge on any atom is 0.305 e. The number of benzene rings is 2. The Bertz CT molecular complexity index is 935. The lowest BCUT2D eigenvalue weighted by molar-refractivity contribution is -0.140. The van der Waals surface area contributed by atoms with Gasteiger partial charge in [0.25, 0.3) is 0 Å². The molecule has 0 fully saturated rings. The predicted octanol–water partition coefficient (Wildman–Crippen LogP) is 3.78. The first-order valence-electron chi connectivity index (χ1n) is 7.92. The van der Waals surface area contributed by atoms with E-state index in [1.807, 2.05) is 19.1 Å². The minimum atomic E-state index is -0.372. The molecule has 0 bridgehead atoms. The minimum absolute atomic E-state index is 0.0713. The Hall–Kier alpha value is -3.08. The van der Waals surface area contributed by atoms with Crippen molar-refractivity contribution in [1.82, 2.24) is 0 Å². The molecule has 0 amide bonds. The summed E-state index contributed by atoms with van der Waals surface area (Å²) in [7, 11) is 1.32. The number of rotatable bonds is 5. The highest BCUT2D eigenvalue weighted by molar-refractivity contribution is 6.10. The summed E-state index contributed by atoms with van der Waals surface area (Å²) in [4.78, 5) is 24.4. The molecule has 1 heterocycles. The monoisotopic (exact) mass is 338 g/mol. The van der Waals surface area contributed by atoms with E-state index in [-0.39, 0.29) is 36.1 Å². The van der Waals surface area contributed by atoms with E-state index >= 15 is 0 Å². The zero-order valence-corrected chi connectivity index (χ0v) is 14.0. The number of hydrogen-bond acceptors (Lipinski definition) is 5. The second kappa shape index (κ2) is 6.81. The number of aromatic hydroxyl groups is 1. The molecule has 0 aliphatic rings. The highest BCUT2D eigenvalue weighted by Gasteiger charge is 2.22. The first kappa shape index (κ1) is 16.8. The van der Waals surface area contributed by atoms with Gasteiger partial charge in [0.1, 0.15) is 11.3 Å². The first-order valence-corrected chi connectivity index (χ1v) is 7.92. The zero-order chi connectivity index (χ0) is 18.0. The molecule has 0 radical (unpaired) electrons. The van der Waals surface area contributed by atoms with Crippen LogP contribution in [0, 0.1) is 6.92 Å². The topological polar surface area (TPSA) is 76.7 Å². The Morgan fingerprint density at radius 1 is 1.12 bits per heavy atom. The Morgan fingerprint density at radius 2 is 1.84 bits per heavy atom. The van der Waals surface area contributed by atoms with Gasteiger partial charge in [-0.1, -0.05) is 29.8 Å². The van der Waals surface area contributed by atoms with Gasteiger partial charge in [0.2, 0.25) is 5.78 Å². The standard InChI is InChI=1S/C20H18O5/c1-12-3-5-13(6-4-12)19(23)20-15(8-10-18(22)24-2)16-11-14(21)7-9-17(16)25-20/h3-7,9,11,21H,8,10H2,1-2H3. The second-order valence-corrected chi connectivity index (χ2v) is 5.86. The molecule has 0 atom stereocenters. The molecular weight excluding hydrogens is 320 g/mol. The molecule has 5 nitrogen and oxygen atoms in total. The number of carbonyl (C=O) groups is 2. The Labute approximate surface area is 144 Å². The largest absolute Gasteiger partial charge is 0.508 e. The highest BCUT2D eigenvalue weighted by Crippen LogP contribution is 2.31. The number of phenolic OH excluding ortho intramolecular Hbond substituents is 1. The van der Waals surface area contributed by atoms with Crippen LogP contribution in [0.5, 0.6) is 5.75 Å². The van der Waals surface area contributed by atoms with Crippen LogP contribution in [0.25, 0.3) is 11.0 Å². The van der Waals surface area contributed by atoms with E-state index in [1.165, 1.54) is 19.2 Å². The molecule has 0 saturated heterocycles. The zero-order valence-electron chi connectivity index (χ0n) is 14.0. The van der Waals surface area contributed by atoms with Crippen LogP contribution < -0.4 is 0 Å². The van der Waals surface area contributed by atoms with Crippen molar-refractivity contribution < 1.29 is 23.8 Å². The van der Waals surface area contributed by atoms with Gasteiger partial charge in [0.05, 0.1) is 7.11 Å². The predicted molar refractivity (Wildman–Crippen MR) is 92.8 cm³/mol. The molecule has 0 unspecified atom stereocenters. The third-order valence-corrected chi connectivity index (χ3v) is 4.10. The molecule has 3 rings (SSSR count). The van der Waals surface area contributed by atoms with Gasteiger partial charge in [-0.3, -0.25) is 9.59 Å². The summed E-state index contributed by atoms with van der Waals surface area (Å²) in [6.07, 6.45) is 0.408. The third kappa shape index (κ3) is 3.40. The van der Waals surface area contributed by atoms with Crippen molar-refractivity contribution in [3.63, 3.8) is 0 Å². The number of esters is 1. The summed E-state index contributed by atoms with van der Waals surface area (Å²) in [6.45, 7) is 1.94. The summed E-state index contributed by atoms with van der Waals surface area (Å²) in [5.41, 5.74) is 2.65. The minimum Gasteiger partial charge on any atom is -0.508 e. The van der Waals surface area contributed by atoms with Crippen molar-refractivity contribution in [3.8, 4) is 5.75 Å². The number of methoxy groups -OCH3 is 1. The van der Waals surface area contributed by atoms with Crippen molar-refractivity contribution in [1.29, 1.82) is 0 Å². The average molecular weight is 338 g/mol. The first-order chi connectivity index (χ1) is 12.0. The number of hydrogen-bond donors (Lipinski definition) is 1.